The summed E-state index contributed by atoms with van der Waals surface area (Å²) in [5.74, 6) is 2.15. The van der Waals surface area contributed by atoms with Gasteiger partial charge in [0.2, 0.25) is 11.2 Å². The molecular formula is C54H65ClN12O6. The number of rotatable bonds is 7. The molecule has 6 saturated heterocycles. The summed E-state index contributed by atoms with van der Waals surface area (Å²) in [4.78, 5) is 59.4. The predicted octanol–water partition coefficient (Wildman–Crippen LogP) is 6.21. The number of amides is 2. The molecule has 19 heteroatoms. The number of anilines is 3. The Kier molecular flexibility index (Phi) is 15.3. The molecule has 6 aliphatic heterocycles. The van der Waals surface area contributed by atoms with Crippen LogP contribution in [-0.4, -0.2) is 160 Å². The minimum Gasteiger partial charge on any atom is -0.380 e. The number of hydrogen-bond donors (Lipinski definition) is 3. The van der Waals surface area contributed by atoms with E-state index in [0.717, 1.165) is 111 Å². The van der Waals surface area contributed by atoms with E-state index in [2.05, 4.69) is 65.5 Å². The van der Waals surface area contributed by atoms with Crippen LogP contribution in [0.15, 0.2) is 72.8 Å². The maximum atomic E-state index is 12.2. The number of morpholine rings is 2. The first kappa shape index (κ1) is 50.4. The van der Waals surface area contributed by atoms with E-state index in [4.69, 9.17) is 45.5 Å². The van der Waals surface area contributed by atoms with Crippen molar-refractivity contribution < 1.29 is 28.5 Å². The molecule has 0 unspecified atom stereocenters. The van der Waals surface area contributed by atoms with E-state index >= 15 is 0 Å². The summed E-state index contributed by atoms with van der Waals surface area (Å²) in [6.07, 6.45) is 4.84. The zero-order chi connectivity index (χ0) is 50.5. The van der Waals surface area contributed by atoms with Crippen LogP contribution in [0.5, 0.6) is 0 Å². The second-order valence-corrected chi connectivity index (χ2v) is 20.4. The molecule has 6 aromatic rings. The fourth-order valence-electron chi connectivity index (χ4n) is 10.4. The summed E-state index contributed by atoms with van der Waals surface area (Å²) >= 11 is 6.20. The highest BCUT2D eigenvalue weighted by Gasteiger charge is 2.42. The van der Waals surface area contributed by atoms with Crippen molar-refractivity contribution in [1.82, 2.24) is 45.9 Å². The Bertz CT molecular complexity index is 2940. The highest BCUT2D eigenvalue weighted by molar-refractivity contribution is 6.28. The normalized spacial score (nSPS) is 21.0. The van der Waals surface area contributed by atoms with E-state index in [-0.39, 0.29) is 29.2 Å². The summed E-state index contributed by atoms with van der Waals surface area (Å²) in [5, 5.41) is 10.6. The molecule has 0 radical (unpaired) electrons. The zero-order valence-electron chi connectivity index (χ0n) is 42.2. The lowest BCUT2D eigenvalue weighted by Crippen LogP contribution is -2.51. The number of piperidine rings is 2. The van der Waals surface area contributed by atoms with Gasteiger partial charge in [-0.25, -0.2) is 9.97 Å². The molecule has 2 amide bonds. The third-order valence-electron chi connectivity index (χ3n) is 15.0. The van der Waals surface area contributed by atoms with Crippen LogP contribution in [0.1, 0.15) is 60.2 Å². The van der Waals surface area contributed by atoms with Crippen LogP contribution in [0, 0.1) is 10.8 Å². The molecule has 4 aromatic heterocycles. The molecule has 2 aromatic carbocycles. The Morgan fingerprint density at radius 3 is 1.56 bits per heavy atom. The Morgan fingerprint density at radius 1 is 0.603 bits per heavy atom. The van der Waals surface area contributed by atoms with Crippen molar-refractivity contribution in [3.63, 3.8) is 0 Å². The van der Waals surface area contributed by atoms with Gasteiger partial charge in [-0.1, -0.05) is 24.3 Å². The summed E-state index contributed by atoms with van der Waals surface area (Å²) in [6.45, 7) is 16.4. The van der Waals surface area contributed by atoms with E-state index in [1.807, 2.05) is 48.5 Å². The van der Waals surface area contributed by atoms with Crippen LogP contribution in [0.25, 0.3) is 44.6 Å². The summed E-state index contributed by atoms with van der Waals surface area (Å²) in [6, 6.07) is 23.2. The second-order valence-electron chi connectivity index (χ2n) is 20.1. The number of carbonyl (C=O) groups is 2. The van der Waals surface area contributed by atoms with Crippen molar-refractivity contribution in [3.8, 4) is 22.5 Å². The number of nitrogens with zero attached hydrogens (tertiary/aromatic N) is 9. The molecule has 0 saturated carbocycles. The van der Waals surface area contributed by atoms with Crippen molar-refractivity contribution in [2.75, 3.05) is 121 Å². The molecule has 3 N–H and O–H groups in total. The molecule has 10 heterocycles. The highest BCUT2D eigenvalue weighted by Crippen LogP contribution is 2.40. The number of halogens is 1. The van der Waals surface area contributed by atoms with E-state index < -0.39 is 0 Å². The van der Waals surface area contributed by atoms with Gasteiger partial charge >= 0.3 is 0 Å². The Balaban J connectivity index is 0.000000146. The molecule has 6 aliphatic rings. The first-order chi connectivity index (χ1) is 35.5. The minimum atomic E-state index is -0.142. The average Bonchev–Trinajstić information content (AvgIpc) is 3.42. The van der Waals surface area contributed by atoms with Gasteiger partial charge in [-0.3, -0.25) is 9.59 Å². The Morgan fingerprint density at radius 2 is 1.10 bits per heavy atom. The van der Waals surface area contributed by atoms with Gasteiger partial charge in [0, 0.05) is 73.4 Å². The van der Waals surface area contributed by atoms with Gasteiger partial charge in [-0.2, -0.15) is 19.9 Å². The molecule has 2 atom stereocenters. The molecule has 384 valence electrons. The second kappa shape index (κ2) is 22.1. The first-order valence-electron chi connectivity index (χ1n) is 25.5. The lowest BCUT2D eigenvalue weighted by molar-refractivity contribution is -0.127. The predicted molar refractivity (Wildman–Crippen MR) is 283 cm³/mol. The molecule has 0 bridgehead atoms. The summed E-state index contributed by atoms with van der Waals surface area (Å²) in [5.41, 5.74) is 6.54. The minimum absolute atomic E-state index is 0.120. The average molecular weight is 1010 g/mol. The van der Waals surface area contributed by atoms with Crippen molar-refractivity contribution in [2.45, 2.75) is 51.6 Å². The Labute approximate surface area is 430 Å². The number of ether oxygens (including phenoxy) is 4. The monoisotopic (exact) mass is 1010 g/mol. The van der Waals surface area contributed by atoms with E-state index in [1.54, 1.807) is 32.3 Å². The van der Waals surface area contributed by atoms with Gasteiger partial charge in [0.1, 0.15) is 11.6 Å². The number of fused-ring (bicyclic) bond motifs is 2. The van der Waals surface area contributed by atoms with E-state index in [9.17, 15) is 9.59 Å². The van der Waals surface area contributed by atoms with Crippen molar-refractivity contribution >= 4 is 63.1 Å². The largest absolute Gasteiger partial charge is 0.380 e. The molecule has 6 fully saturated rings. The Hall–Kier alpha value is -6.15. The van der Waals surface area contributed by atoms with Gasteiger partial charge in [-0.15, -0.1) is 0 Å². The van der Waals surface area contributed by atoms with Gasteiger partial charge in [-0.05, 0) is 113 Å². The topological polar surface area (TPSA) is 194 Å². The summed E-state index contributed by atoms with van der Waals surface area (Å²) in [7, 11) is 3.24. The van der Waals surface area contributed by atoms with Gasteiger partial charge in [0.25, 0.3) is 11.8 Å². The van der Waals surface area contributed by atoms with E-state index in [1.165, 1.54) is 25.9 Å². The number of nitrogens with one attached hydrogen (secondary N) is 3. The quantitative estimate of drug-likeness (QED) is 0.153. The molecule has 12 rings (SSSR count). The third kappa shape index (κ3) is 11.1. The van der Waals surface area contributed by atoms with Gasteiger partial charge in [0.05, 0.1) is 87.1 Å². The molecular weight excluding hydrogens is 948 g/mol. The van der Waals surface area contributed by atoms with E-state index in [0.29, 0.717) is 65.4 Å². The van der Waals surface area contributed by atoms with Crippen LogP contribution in [-0.2, 0) is 18.9 Å². The number of pyridine rings is 2. The zero-order valence-corrected chi connectivity index (χ0v) is 42.9. The number of carbonyl (C=O) groups excluding carboxylic acids is 2. The SMILES string of the molecule is C1CC2(CCN1)COC2.CNC(=O)c1cccc(-c2ccc3c(N4CCOC[C@@H]4C)nc(Cl)nc3n2)c1.CNC(=O)c1cccc(-c2ccc3c(N4CCOC[C@@H]4C)nc(N4CCC5(CC4)COC5)nc3n2)c1. The molecule has 2 spiro atoms. The lowest BCUT2D eigenvalue weighted by Gasteiger charge is -2.47. The van der Waals surface area contributed by atoms with Crippen LogP contribution < -0.4 is 30.7 Å². The maximum absolute atomic E-state index is 12.2. The third-order valence-corrected chi connectivity index (χ3v) is 15.2. The standard InChI is InChI=1S/C27H32N6O3.C20H20ClN5O2.C7H13NO/c1-18-15-35-13-12-33(18)24-21-6-7-22(19-4-3-5-20(14-19)25(34)28-2)29-23(21)30-26(31-24)32-10-8-27(9-11-32)16-36-17-27;1-12-11-28-9-8-26(12)18-15-6-7-16(23-17(15)24-20(21)25-18)13-4-3-5-14(10-13)19(27)22-2;1-3-8-4-2-7(1)5-9-6-7/h3-7,14,18H,8-13,15-17H2,1-2H3,(H,28,34);3-7,10,12H,8-9,11H2,1-2H3,(H,22,27);8H,1-6H2/t18-;12-;/m00./s1. The summed E-state index contributed by atoms with van der Waals surface area (Å²) < 4.78 is 21.9. The first-order valence-corrected chi connectivity index (χ1v) is 25.9. The number of aromatic nitrogens is 6. The van der Waals surface area contributed by atoms with Crippen LogP contribution in [0.3, 0.4) is 0 Å². The lowest BCUT2D eigenvalue weighted by atomic mass is 9.77. The highest BCUT2D eigenvalue weighted by atomic mass is 35.5. The van der Waals surface area contributed by atoms with Crippen LogP contribution in [0.2, 0.25) is 5.28 Å². The fraction of sp³-hybridized carbons (Fsp3) is 0.481. The van der Waals surface area contributed by atoms with Crippen LogP contribution in [0.4, 0.5) is 17.6 Å². The number of benzene rings is 2. The van der Waals surface area contributed by atoms with Crippen LogP contribution >= 0.6 is 11.6 Å². The van der Waals surface area contributed by atoms with Crippen molar-refractivity contribution in [2.24, 2.45) is 10.8 Å². The van der Waals surface area contributed by atoms with Crippen molar-refractivity contribution in [1.29, 1.82) is 0 Å². The maximum Gasteiger partial charge on any atom is 0.251 e. The number of hydrogen-bond acceptors (Lipinski definition) is 16. The van der Waals surface area contributed by atoms with Crippen molar-refractivity contribution in [3.05, 3.63) is 89.2 Å². The molecule has 18 nitrogen and oxygen atoms in total. The smallest absolute Gasteiger partial charge is 0.251 e. The van der Waals surface area contributed by atoms with Gasteiger partial charge < -0.3 is 49.6 Å². The fourth-order valence-corrected chi connectivity index (χ4v) is 10.5. The molecule has 73 heavy (non-hydrogen) atoms. The van der Waals surface area contributed by atoms with Gasteiger partial charge in [0.15, 0.2) is 11.3 Å². The molecule has 0 aliphatic carbocycles.